The number of benzene rings is 2. The fourth-order valence-corrected chi connectivity index (χ4v) is 6.48. The molecule has 216 valence electrons. The number of nitrogens with zero attached hydrogens (tertiary/aromatic N) is 3. The van der Waals surface area contributed by atoms with E-state index in [1.165, 1.54) is 54.1 Å². The number of hydrogen-bond acceptors (Lipinski definition) is 10. The van der Waals surface area contributed by atoms with E-state index in [2.05, 4.69) is 4.99 Å². The molecule has 3 aromatic rings. The molecule has 1 aliphatic rings. The van der Waals surface area contributed by atoms with E-state index in [0.29, 0.717) is 16.3 Å². The van der Waals surface area contributed by atoms with Crippen LogP contribution in [-0.2, 0) is 35.6 Å². The zero-order valence-electron chi connectivity index (χ0n) is 22.5. The fourth-order valence-electron chi connectivity index (χ4n) is 4.01. The highest BCUT2D eigenvalue weighted by Gasteiger charge is 2.24. The van der Waals surface area contributed by atoms with Crippen LogP contribution in [-0.4, -0.2) is 83.1 Å². The number of ether oxygens (including phenoxy) is 5. The second-order valence-electron chi connectivity index (χ2n) is 8.60. The minimum Gasteiger partial charge on any atom is -0.466 e. The summed E-state index contributed by atoms with van der Waals surface area (Å²) in [6, 6.07) is 9.21. The van der Waals surface area contributed by atoms with Crippen LogP contribution in [0.5, 0.6) is 11.5 Å². The molecule has 1 aromatic heterocycles. The molecule has 2 heterocycles. The van der Waals surface area contributed by atoms with Crippen molar-refractivity contribution in [3.63, 3.8) is 0 Å². The molecule has 0 saturated carbocycles. The lowest BCUT2D eigenvalue weighted by atomic mass is 10.2. The van der Waals surface area contributed by atoms with Gasteiger partial charge in [0.05, 0.1) is 41.4 Å². The van der Waals surface area contributed by atoms with Crippen LogP contribution in [0.4, 0.5) is 0 Å². The number of rotatable bonds is 13. The van der Waals surface area contributed by atoms with Crippen LogP contribution in [0.15, 0.2) is 46.3 Å². The number of carbonyl (C=O) groups is 2. The van der Waals surface area contributed by atoms with Gasteiger partial charge >= 0.3 is 5.97 Å². The maximum Gasteiger partial charge on any atom is 0.307 e. The Hall–Kier alpha value is -3.30. The molecule has 14 heteroatoms. The summed E-state index contributed by atoms with van der Waals surface area (Å²) in [6.07, 6.45) is 0.0880. The molecule has 0 atom stereocenters. The van der Waals surface area contributed by atoms with E-state index < -0.39 is 15.9 Å². The van der Waals surface area contributed by atoms with Crippen molar-refractivity contribution in [1.82, 2.24) is 8.87 Å². The van der Waals surface area contributed by atoms with Crippen LogP contribution in [0.25, 0.3) is 10.2 Å². The Morgan fingerprint density at radius 3 is 2.33 bits per heavy atom. The van der Waals surface area contributed by atoms with Crippen molar-refractivity contribution in [3.8, 4) is 11.5 Å². The monoisotopic (exact) mass is 593 g/mol. The smallest absolute Gasteiger partial charge is 0.307 e. The third kappa shape index (κ3) is 6.70. The van der Waals surface area contributed by atoms with Gasteiger partial charge < -0.3 is 28.3 Å². The molecule has 0 N–H and O–H groups in total. The van der Waals surface area contributed by atoms with Crippen LogP contribution < -0.4 is 14.3 Å². The zero-order chi connectivity index (χ0) is 28.7. The maximum absolute atomic E-state index is 13.2. The molecule has 4 rings (SSSR count). The summed E-state index contributed by atoms with van der Waals surface area (Å²) >= 11 is 1.27. The molecule has 2 aromatic carbocycles. The summed E-state index contributed by atoms with van der Waals surface area (Å²) in [4.78, 5) is 29.9. The van der Waals surface area contributed by atoms with Crippen molar-refractivity contribution < 1.29 is 41.7 Å². The highest BCUT2D eigenvalue weighted by Crippen LogP contribution is 2.37. The van der Waals surface area contributed by atoms with Crippen LogP contribution >= 0.6 is 11.3 Å². The Morgan fingerprint density at radius 1 is 1.05 bits per heavy atom. The molecular weight excluding hydrogens is 562 g/mol. The quantitative estimate of drug-likeness (QED) is 0.274. The van der Waals surface area contributed by atoms with Gasteiger partial charge in [0, 0.05) is 51.6 Å². The van der Waals surface area contributed by atoms with Gasteiger partial charge in [-0.2, -0.15) is 9.30 Å². The van der Waals surface area contributed by atoms with E-state index in [4.69, 9.17) is 23.7 Å². The van der Waals surface area contributed by atoms with E-state index in [9.17, 15) is 18.0 Å². The van der Waals surface area contributed by atoms with Gasteiger partial charge in [-0.3, -0.25) is 9.59 Å². The molecule has 40 heavy (non-hydrogen) atoms. The summed E-state index contributed by atoms with van der Waals surface area (Å²) in [6.45, 7) is 3.14. The lowest BCUT2D eigenvalue weighted by Crippen LogP contribution is -2.36. The van der Waals surface area contributed by atoms with Crippen LogP contribution in [0, 0.1) is 0 Å². The number of carbonyl (C=O) groups excluding carboxylic acids is 2. The topological polar surface area (TPSA) is 135 Å². The van der Waals surface area contributed by atoms with Gasteiger partial charge in [0.1, 0.15) is 0 Å². The Morgan fingerprint density at radius 2 is 1.70 bits per heavy atom. The van der Waals surface area contributed by atoms with Crippen molar-refractivity contribution in [2.24, 2.45) is 4.99 Å². The van der Waals surface area contributed by atoms with Gasteiger partial charge in [-0.05, 0) is 31.2 Å². The normalized spacial score (nSPS) is 13.3. The molecule has 0 unspecified atom stereocenters. The van der Waals surface area contributed by atoms with Crippen LogP contribution in [0.3, 0.4) is 0 Å². The predicted molar refractivity (Wildman–Crippen MR) is 146 cm³/mol. The molecular formula is C26H31N3O9S2. The Balaban J connectivity index is 1.64. The molecule has 1 aliphatic heterocycles. The number of methoxy groups -OCH3 is 2. The molecule has 0 bridgehead atoms. The molecule has 0 fully saturated rings. The Bertz CT molecular complexity index is 1520. The molecule has 12 nitrogen and oxygen atoms in total. The molecule has 0 aliphatic carbocycles. The second-order valence-corrected chi connectivity index (χ2v) is 11.5. The first-order valence-corrected chi connectivity index (χ1v) is 14.8. The number of aryl methyl sites for hydroxylation is 1. The van der Waals surface area contributed by atoms with Crippen molar-refractivity contribution in [1.29, 1.82) is 0 Å². The molecule has 0 spiro atoms. The Kier molecular flexibility index (Phi) is 9.92. The fraction of sp³-hybridized carbons (Fsp3) is 0.423. The average molecular weight is 594 g/mol. The minimum atomic E-state index is -3.83. The lowest BCUT2D eigenvalue weighted by Gasteiger charge is -2.21. The highest BCUT2D eigenvalue weighted by atomic mass is 32.2. The first-order chi connectivity index (χ1) is 19.3. The zero-order valence-corrected chi connectivity index (χ0v) is 24.1. The predicted octanol–water partition coefficient (Wildman–Crippen LogP) is 2.41. The Labute approximate surface area is 235 Å². The van der Waals surface area contributed by atoms with Crippen molar-refractivity contribution >= 4 is 43.5 Å². The second kappa shape index (κ2) is 13.4. The SMILES string of the molecule is CCOC(=O)CCn1c(=NC(=O)c2ccc(S(=O)(=O)N(CCOC)CCOC)cc2)sc2cc3c(cc21)OCO3. The number of esters is 1. The number of aromatic nitrogens is 1. The number of fused-ring (bicyclic) bond motifs is 2. The average Bonchev–Trinajstić information content (AvgIpc) is 3.53. The van der Waals surface area contributed by atoms with E-state index in [1.807, 2.05) is 6.07 Å². The van der Waals surface area contributed by atoms with Gasteiger partial charge in [0.2, 0.25) is 16.8 Å². The van der Waals surface area contributed by atoms with Gasteiger partial charge in [0.15, 0.2) is 16.3 Å². The number of thiazole rings is 1. The standard InChI is InChI=1S/C26H31N3O9S2/c1-4-36-24(30)9-10-29-20-15-21-22(38-17-37-21)16-23(20)39-26(29)27-25(31)18-5-7-19(8-6-18)40(32,33)28(11-13-34-2)12-14-35-3/h5-8,15-16H,4,9-14,17H2,1-3H3. The number of hydrogen-bond donors (Lipinski definition) is 0. The van der Waals surface area contributed by atoms with Gasteiger partial charge in [-0.25, -0.2) is 8.42 Å². The van der Waals surface area contributed by atoms with Crippen LogP contribution in [0.1, 0.15) is 23.7 Å². The van der Waals surface area contributed by atoms with Crippen molar-refractivity contribution in [2.45, 2.75) is 24.8 Å². The molecule has 0 saturated heterocycles. The highest BCUT2D eigenvalue weighted by molar-refractivity contribution is 7.89. The summed E-state index contributed by atoms with van der Waals surface area (Å²) in [5, 5.41) is 0. The van der Waals surface area contributed by atoms with E-state index in [1.54, 1.807) is 17.6 Å². The minimum absolute atomic E-state index is 0.0390. The number of sulfonamides is 1. The van der Waals surface area contributed by atoms with E-state index >= 15 is 0 Å². The van der Waals surface area contributed by atoms with Gasteiger partial charge in [0.25, 0.3) is 5.91 Å². The van der Waals surface area contributed by atoms with Gasteiger partial charge in [-0.1, -0.05) is 11.3 Å². The summed E-state index contributed by atoms with van der Waals surface area (Å²) in [7, 11) is -0.841. The summed E-state index contributed by atoms with van der Waals surface area (Å²) in [5.74, 6) is 0.228. The first kappa shape index (κ1) is 29.7. The van der Waals surface area contributed by atoms with Gasteiger partial charge in [-0.15, -0.1) is 0 Å². The molecule has 0 radical (unpaired) electrons. The summed E-state index contributed by atoms with van der Waals surface area (Å²) < 4.78 is 56.3. The van der Waals surface area contributed by atoms with Crippen LogP contribution in [0.2, 0.25) is 0 Å². The number of amides is 1. The largest absolute Gasteiger partial charge is 0.466 e. The van der Waals surface area contributed by atoms with E-state index in [-0.39, 0.29) is 69.1 Å². The summed E-state index contributed by atoms with van der Waals surface area (Å²) in [5.41, 5.74) is 0.946. The molecule has 1 amide bonds. The third-order valence-electron chi connectivity index (χ3n) is 6.05. The van der Waals surface area contributed by atoms with Crippen molar-refractivity contribution in [2.75, 3.05) is 53.9 Å². The van der Waals surface area contributed by atoms with E-state index in [0.717, 1.165) is 10.2 Å². The van der Waals surface area contributed by atoms with Crippen molar-refractivity contribution in [3.05, 3.63) is 46.8 Å². The first-order valence-electron chi connectivity index (χ1n) is 12.5. The third-order valence-corrected chi connectivity index (χ3v) is 9.00. The lowest BCUT2D eigenvalue weighted by molar-refractivity contribution is -0.143. The maximum atomic E-state index is 13.2.